The number of phenols is 1. The summed E-state index contributed by atoms with van der Waals surface area (Å²) >= 11 is 0. The van der Waals surface area contributed by atoms with Crippen molar-refractivity contribution in [3.8, 4) is 5.75 Å². The Morgan fingerprint density at radius 2 is 1.78 bits per heavy atom. The van der Waals surface area contributed by atoms with E-state index in [1.165, 1.54) is 0 Å². The molecule has 5 nitrogen and oxygen atoms in total. The Morgan fingerprint density at radius 3 is 2.59 bits per heavy atom. The van der Waals surface area contributed by atoms with Crippen molar-refractivity contribution >= 4 is 33.9 Å². The zero-order chi connectivity index (χ0) is 19.0. The maximum atomic E-state index is 12.6. The van der Waals surface area contributed by atoms with Crippen molar-refractivity contribution < 1.29 is 14.7 Å². The normalized spacial score (nSPS) is 14.8. The SMILES string of the molecule is CCN1C(=O)C(=NCC(=O)c2ccc3ccccc3c2O)c2ccccc21. The number of ketones is 1. The van der Waals surface area contributed by atoms with Crippen LogP contribution < -0.4 is 4.90 Å². The third-order valence-electron chi connectivity index (χ3n) is 4.80. The molecule has 0 saturated carbocycles. The molecule has 27 heavy (non-hydrogen) atoms. The van der Waals surface area contributed by atoms with Crippen molar-refractivity contribution in [2.75, 3.05) is 18.0 Å². The molecule has 134 valence electrons. The van der Waals surface area contributed by atoms with Gasteiger partial charge in [0.1, 0.15) is 18.0 Å². The number of anilines is 1. The monoisotopic (exact) mass is 358 g/mol. The van der Waals surface area contributed by atoms with Gasteiger partial charge in [-0.05, 0) is 24.4 Å². The fourth-order valence-corrected chi connectivity index (χ4v) is 3.44. The topological polar surface area (TPSA) is 70.0 Å². The summed E-state index contributed by atoms with van der Waals surface area (Å²) < 4.78 is 0. The van der Waals surface area contributed by atoms with Crippen LogP contribution in [0.4, 0.5) is 5.69 Å². The zero-order valence-corrected chi connectivity index (χ0v) is 14.8. The predicted octanol–water partition coefficient (Wildman–Crippen LogP) is 3.58. The first-order valence-electron chi connectivity index (χ1n) is 8.81. The highest BCUT2D eigenvalue weighted by Crippen LogP contribution is 2.30. The first-order chi connectivity index (χ1) is 13.1. The van der Waals surface area contributed by atoms with Crippen LogP contribution in [-0.4, -0.2) is 35.6 Å². The average molecular weight is 358 g/mol. The third-order valence-corrected chi connectivity index (χ3v) is 4.80. The Morgan fingerprint density at radius 1 is 1.04 bits per heavy atom. The molecule has 0 spiro atoms. The van der Waals surface area contributed by atoms with Crippen LogP contribution in [0.15, 0.2) is 65.7 Å². The smallest absolute Gasteiger partial charge is 0.277 e. The van der Waals surface area contributed by atoms with Gasteiger partial charge in [0.25, 0.3) is 5.91 Å². The first kappa shape index (κ1) is 17.0. The van der Waals surface area contributed by atoms with Crippen LogP contribution in [0.25, 0.3) is 10.8 Å². The minimum atomic E-state index is -0.328. The minimum Gasteiger partial charge on any atom is -0.507 e. The molecule has 4 rings (SSSR count). The summed E-state index contributed by atoms with van der Waals surface area (Å²) in [5.74, 6) is -0.577. The number of aromatic hydroxyl groups is 1. The highest BCUT2D eigenvalue weighted by molar-refractivity contribution is 6.54. The predicted molar refractivity (Wildman–Crippen MR) is 106 cm³/mol. The maximum Gasteiger partial charge on any atom is 0.277 e. The molecule has 0 atom stereocenters. The number of hydrogen-bond donors (Lipinski definition) is 1. The van der Waals surface area contributed by atoms with Crippen molar-refractivity contribution in [3.05, 3.63) is 71.8 Å². The number of carbonyl (C=O) groups excluding carboxylic acids is 2. The summed E-state index contributed by atoms with van der Waals surface area (Å²) in [6.07, 6.45) is 0. The van der Waals surface area contributed by atoms with Gasteiger partial charge in [-0.15, -0.1) is 0 Å². The van der Waals surface area contributed by atoms with E-state index in [4.69, 9.17) is 0 Å². The van der Waals surface area contributed by atoms with E-state index in [-0.39, 0.29) is 29.5 Å². The molecule has 1 aliphatic rings. The average Bonchev–Trinajstić information content (AvgIpc) is 2.97. The lowest BCUT2D eigenvalue weighted by atomic mass is 10.0. The van der Waals surface area contributed by atoms with Crippen molar-refractivity contribution in [3.63, 3.8) is 0 Å². The Kier molecular flexibility index (Phi) is 4.20. The first-order valence-corrected chi connectivity index (χ1v) is 8.81. The lowest BCUT2D eigenvalue weighted by Gasteiger charge is -2.12. The molecule has 0 radical (unpaired) electrons. The maximum absolute atomic E-state index is 12.6. The van der Waals surface area contributed by atoms with Crippen molar-refractivity contribution in [2.45, 2.75) is 6.92 Å². The molecule has 3 aromatic carbocycles. The number of amides is 1. The summed E-state index contributed by atoms with van der Waals surface area (Å²) in [5.41, 5.74) is 2.05. The van der Waals surface area contributed by atoms with E-state index in [0.717, 1.165) is 16.6 Å². The van der Waals surface area contributed by atoms with Gasteiger partial charge in [-0.2, -0.15) is 0 Å². The van der Waals surface area contributed by atoms with E-state index in [2.05, 4.69) is 4.99 Å². The minimum absolute atomic E-state index is 0.0494. The third kappa shape index (κ3) is 2.77. The van der Waals surface area contributed by atoms with Crippen LogP contribution in [0.5, 0.6) is 5.75 Å². The lowest BCUT2D eigenvalue weighted by molar-refractivity contribution is -0.112. The molecule has 0 unspecified atom stereocenters. The lowest BCUT2D eigenvalue weighted by Crippen LogP contribution is -2.30. The standard InChI is InChI=1S/C22H18N2O3/c1-2-24-18-10-6-5-9-16(18)20(22(24)27)23-13-19(25)17-12-11-14-7-3-4-8-15(14)21(17)26/h3-12,26H,2,13H2,1H3. The molecule has 1 N–H and O–H groups in total. The van der Waals surface area contributed by atoms with Crippen molar-refractivity contribution in [2.24, 2.45) is 4.99 Å². The number of carbonyl (C=O) groups is 2. The second-order valence-corrected chi connectivity index (χ2v) is 6.34. The fraction of sp³-hybridized carbons (Fsp3) is 0.136. The number of hydrogen-bond acceptors (Lipinski definition) is 4. The number of rotatable bonds is 4. The largest absolute Gasteiger partial charge is 0.507 e. The van der Waals surface area contributed by atoms with Gasteiger partial charge in [0.2, 0.25) is 0 Å². The molecule has 1 aliphatic heterocycles. The molecule has 0 aliphatic carbocycles. The van der Waals surface area contributed by atoms with E-state index in [9.17, 15) is 14.7 Å². The fourth-order valence-electron chi connectivity index (χ4n) is 3.44. The summed E-state index contributed by atoms with van der Waals surface area (Å²) in [5, 5.41) is 11.9. The van der Waals surface area contributed by atoms with Crippen LogP contribution in [-0.2, 0) is 4.79 Å². The van der Waals surface area contributed by atoms with Crippen molar-refractivity contribution in [1.82, 2.24) is 0 Å². The van der Waals surface area contributed by atoms with E-state index in [1.807, 2.05) is 49.4 Å². The van der Waals surface area contributed by atoms with E-state index < -0.39 is 0 Å². The number of benzene rings is 3. The molecule has 5 heteroatoms. The van der Waals surface area contributed by atoms with Crippen molar-refractivity contribution in [1.29, 1.82) is 0 Å². The summed E-state index contributed by atoms with van der Waals surface area (Å²) in [6, 6.07) is 18.1. The Labute approximate surface area is 156 Å². The van der Waals surface area contributed by atoms with Crippen LogP contribution in [0, 0.1) is 0 Å². The van der Waals surface area contributed by atoms with E-state index >= 15 is 0 Å². The van der Waals surface area contributed by atoms with Crippen LogP contribution in [0.2, 0.25) is 0 Å². The highest BCUT2D eigenvalue weighted by atomic mass is 16.3. The van der Waals surface area contributed by atoms with Crippen LogP contribution in [0.3, 0.4) is 0 Å². The quantitative estimate of drug-likeness (QED) is 0.725. The summed E-state index contributed by atoms with van der Waals surface area (Å²) in [6.45, 7) is 2.24. The van der Waals surface area contributed by atoms with Crippen LogP contribution in [0.1, 0.15) is 22.8 Å². The summed E-state index contributed by atoms with van der Waals surface area (Å²) in [7, 11) is 0. The molecule has 0 bridgehead atoms. The Bertz CT molecular complexity index is 1100. The molecule has 0 saturated heterocycles. The molecule has 1 heterocycles. The van der Waals surface area contributed by atoms with E-state index in [1.54, 1.807) is 23.1 Å². The number of aliphatic imine (C=N–C) groups is 1. The van der Waals surface area contributed by atoms with Gasteiger partial charge in [-0.25, -0.2) is 0 Å². The number of likely N-dealkylation sites (N-methyl/N-ethyl adjacent to an activating group) is 1. The van der Waals surface area contributed by atoms with Gasteiger partial charge in [0.05, 0.1) is 11.3 Å². The number of para-hydroxylation sites is 1. The zero-order valence-electron chi connectivity index (χ0n) is 14.8. The molecule has 0 aromatic heterocycles. The van der Waals surface area contributed by atoms with Gasteiger partial charge in [-0.3, -0.25) is 14.6 Å². The number of Topliss-reactive ketones (excluding diaryl/α,β-unsaturated/α-hetero) is 1. The van der Waals surface area contributed by atoms with Gasteiger partial charge in [-0.1, -0.05) is 48.5 Å². The second-order valence-electron chi connectivity index (χ2n) is 6.34. The molecule has 0 fully saturated rings. The van der Waals surface area contributed by atoms with Gasteiger partial charge < -0.3 is 10.0 Å². The second kappa shape index (κ2) is 6.68. The van der Waals surface area contributed by atoms with Gasteiger partial charge in [0.15, 0.2) is 5.78 Å². The highest BCUT2D eigenvalue weighted by Gasteiger charge is 2.32. The number of fused-ring (bicyclic) bond motifs is 2. The molecule has 1 amide bonds. The van der Waals surface area contributed by atoms with E-state index in [0.29, 0.717) is 17.6 Å². The van der Waals surface area contributed by atoms with Gasteiger partial charge in [0, 0.05) is 17.5 Å². The number of nitrogens with zero attached hydrogens (tertiary/aromatic N) is 2. The number of phenolic OH excluding ortho intramolecular Hbond substituents is 1. The Balaban J connectivity index is 1.66. The van der Waals surface area contributed by atoms with Crippen LogP contribution >= 0.6 is 0 Å². The molecular weight excluding hydrogens is 340 g/mol. The summed E-state index contributed by atoms with van der Waals surface area (Å²) in [4.78, 5) is 31.2. The Hall–Kier alpha value is -3.47. The molecular formula is C22H18N2O3. The van der Waals surface area contributed by atoms with Gasteiger partial charge >= 0.3 is 0 Å². The molecule has 3 aromatic rings.